The molecule has 0 amide bonds. The fourth-order valence-corrected chi connectivity index (χ4v) is 8.75. The number of rotatable bonds is 4. The molecule has 0 spiro atoms. The van der Waals surface area contributed by atoms with Crippen LogP contribution in [0.4, 0.5) is 17.1 Å². The molecule has 0 fully saturated rings. The van der Waals surface area contributed by atoms with Crippen LogP contribution < -0.4 is 4.90 Å². The number of aromatic nitrogens is 3. The lowest BCUT2D eigenvalue weighted by Crippen LogP contribution is -2.36. The van der Waals surface area contributed by atoms with Gasteiger partial charge in [-0.2, -0.15) is 0 Å². The average Bonchev–Trinajstić information content (AvgIpc) is 3.16. The van der Waals surface area contributed by atoms with E-state index in [2.05, 4.69) is 142 Å². The Morgan fingerprint density at radius 3 is 1.40 bits per heavy atom. The van der Waals surface area contributed by atoms with Gasteiger partial charge in [-0.25, -0.2) is 15.0 Å². The van der Waals surface area contributed by atoms with Gasteiger partial charge in [-0.15, -0.1) is 0 Å². The van der Waals surface area contributed by atoms with Crippen molar-refractivity contribution in [2.75, 3.05) is 4.90 Å². The van der Waals surface area contributed by atoms with Crippen LogP contribution in [0.3, 0.4) is 0 Å². The van der Waals surface area contributed by atoms with Crippen LogP contribution in [0.5, 0.6) is 0 Å². The molecule has 6 aromatic carbocycles. The summed E-state index contributed by atoms with van der Waals surface area (Å²) in [6.45, 7) is 9.43. The molecule has 4 nitrogen and oxygen atoms in total. The summed E-state index contributed by atoms with van der Waals surface area (Å²) in [7, 11) is 0. The van der Waals surface area contributed by atoms with E-state index in [1.807, 2.05) is 48.2 Å². The summed E-state index contributed by atoms with van der Waals surface area (Å²) in [6, 6.07) is 51.7. The molecule has 0 unspecified atom stereocenters. The molecule has 5 heteroatoms. The van der Waals surface area contributed by atoms with E-state index in [1.165, 1.54) is 49.1 Å². The van der Waals surface area contributed by atoms with E-state index in [0.717, 1.165) is 16.7 Å². The second-order valence-corrected chi connectivity index (χ2v) is 15.2. The Morgan fingerprint density at radius 2 is 0.860 bits per heavy atom. The number of benzene rings is 6. The van der Waals surface area contributed by atoms with Gasteiger partial charge < -0.3 is 4.90 Å². The molecule has 2 aliphatic rings. The van der Waals surface area contributed by atoms with Crippen molar-refractivity contribution >= 4 is 28.8 Å². The van der Waals surface area contributed by atoms with Crippen LogP contribution in [0.15, 0.2) is 155 Å². The topological polar surface area (TPSA) is 41.9 Å². The summed E-state index contributed by atoms with van der Waals surface area (Å²) in [5.74, 6) is 2.02. The molecule has 242 valence electrons. The molecular weight excluding hydrogens is 629 g/mol. The van der Waals surface area contributed by atoms with E-state index in [-0.39, 0.29) is 10.8 Å². The molecule has 7 aromatic rings. The van der Waals surface area contributed by atoms with Crippen molar-refractivity contribution in [2.24, 2.45) is 0 Å². The quantitative estimate of drug-likeness (QED) is 0.187. The van der Waals surface area contributed by atoms with Crippen molar-refractivity contribution in [3.8, 4) is 34.2 Å². The summed E-state index contributed by atoms with van der Waals surface area (Å²) in [5.41, 5.74) is 11.4. The minimum Gasteiger partial charge on any atom is -0.308 e. The van der Waals surface area contributed by atoms with Crippen LogP contribution in [-0.4, -0.2) is 15.0 Å². The van der Waals surface area contributed by atoms with E-state index in [4.69, 9.17) is 15.0 Å². The fraction of sp³-hybridized carbons (Fsp3) is 0.133. The molecule has 0 radical (unpaired) electrons. The first kappa shape index (κ1) is 30.5. The lowest BCUT2D eigenvalue weighted by atomic mass is 9.59. The Labute approximate surface area is 297 Å². The molecule has 0 saturated heterocycles. The number of para-hydroxylation sites is 2. The number of anilines is 3. The highest BCUT2D eigenvalue weighted by molar-refractivity contribution is 7.99. The summed E-state index contributed by atoms with van der Waals surface area (Å²) < 4.78 is 0. The Hall–Kier alpha value is -5.52. The standard InChI is InChI=1S/C45H36N4S/c1-44(2)34-26-24-32(49-37-19-11-13-21-39(37)50-40-22-14-12-20-38(40)49)28-36(34)45(3,4)33-25-23-31(27-35(33)44)43-47-41(29-15-7-5-8-16-29)46-42(48-43)30-17-9-6-10-18-30/h5-28H,1-4H3. The molecule has 0 atom stereocenters. The fourth-order valence-electron chi connectivity index (χ4n) is 7.69. The molecule has 1 aromatic heterocycles. The molecule has 2 heterocycles. The SMILES string of the molecule is CC1(C)c2ccc(N3c4ccccc4Sc4ccccc43)cc2C(C)(C)c2ccc(-c3nc(-c4ccccc4)nc(-c4ccccc4)n3)cc21. The zero-order valence-corrected chi connectivity index (χ0v) is 29.4. The highest BCUT2D eigenvalue weighted by Crippen LogP contribution is 2.55. The predicted molar refractivity (Wildman–Crippen MR) is 206 cm³/mol. The zero-order valence-electron chi connectivity index (χ0n) is 28.6. The highest BCUT2D eigenvalue weighted by Gasteiger charge is 2.42. The molecule has 9 rings (SSSR count). The van der Waals surface area contributed by atoms with Gasteiger partial charge >= 0.3 is 0 Å². The van der Waals surface area contributed by atoms with Crippen LogP contribution in [-0.2, 0) is 10.8 Å². The Kier molecular flexibility index (Phi) is 7.04. The van der Waals surface area contributed by atoms with Crippen molar-refractivity contribution in [3.63, 3.8) is 0 Å². The van der Waals surface area contributed by atoms with E-state index in [0.29, 0.717) is 17.5 Å². The van der Waals surface area contributed by atoms with Gasteiger partial charge in [0.2, 0.25) is 0 Å². The van der Waals surface area contributed by atoms with Crippen molar-refractivity contribution in [1.82, 2.24) is 15.0 Å². The van der Waals surface area contributed by atoms with E-state index in [1.54, 1.807) is 0 Å². The van der Waals surface area contributed by atoms with Gasteiger partial charge in [0.1, 0.15) is 0 Å². The van der Waals surface area contributed by atoms with Gasteiger partial charge in [0.05, 0.1) is 11.4 Å². The van der Waals surface area contributed by atoms with Crippen molar-refractivity contribution in [1.29, 1.82) is 0 Å². The van der Waals surface area contributed by atoms with Gasteiger partial charge in [-0.3, -0.25) is 0 Å². The van der Waals surface area contributed by atoms with E-state index >= 15 is 0 Å². The summed E-state index contributed by atoms with van der Waals surface area (Å²) >= 11 is 1.84. The number of fused-ring (bicyclic) bond motifs is 4. The second kappa shape index (κ2) is 11.5. The van der Waals surface area contributed by atoms with Gasteiger partial charge in [0.15, 0.2) is 17.5 Å². The zero-order chi connectivity index (χ0) is 34.0. The average molecular weight is 665 g/mol. The first-order chi connectivity index (χ1) is 24.3. The maximum Gasteiger partial charge on any atom is 0.164 e. The highest BCUT2D eigenvalue weighted by atomic mass is 32.2. The number of hydrogen-bond acceptors (Lipinski definition) is 5. The third kappa shape index (κ3) is 4.87. The third-order valence-corrected chi connectivity index (χ3v) is 11.5. The van der Waals surface area contributed by atoms with Crippen LogP contribution in [0.25, 0.3) is 34.2 Å². The Morgan fingerprint density at radius 1 is 0.420 bits per heavy atom. The van der Waals surface area contributed by atoms with Crippen molar-refractivity contribution in [2.45, 2.75) is 48.3 Å². The normalized spacial score (nSPS) is 15.0. The smallest absolute Gasteiger partial charge is 0.164 e. The Balaban J connectivity index is 1.17. The molecule has 1 aliphatic carbocycles. The largest absolute Gasteiger partial charge is 0.308 e. The first-order valence-corrected chi connectivity index (χ1v) is 17.9. The summed E-state index contributed by atoms with van der Waals surface area (Å²) in [5, 5.41) is 0. The molecule has 1 aliphatic heterocycles. The molecule has 50 heavy (non-hydrogen) atoms. The van der Waals surface area contributed by atoms with Crippen LogP contribution in [0.1, 0.15) is 49.9 Å². The minimum absolute atomic E-state index is 0.234. The van der Waals surface area contributed by atoms with Crippen molar-refractivity contribution < 1.29 is 0 Å². The lowest BCUT2D eigenvalue weighted by molar-refractivity contribution is 0.521. The lowest BCUT2D eigenvalue weighted by Gasteiger charge is -2.45. The maximum absolute atomic E-state index is 5.05. The predicted octanol–water partition coefficient (Wildman–Crippen LogP) is 11.8. The molecular formula is C45H36N4S. The maximum atomic E-state index is 5.05. The third-order valence-electron chi connectivity index (χ3n) is 10.4. The van der Waals surface area contributed by atoms with Gasteiger partial charge in [0.25, 0.3) is 0 Å². The molecule has 0 saturated carbocycles. The van der Waals surface area contributed by atoms with Gasteiger partial charge in [0, 0.05) is 43.0 Å². The van der Waals surface area contributed by atoms with E-state index in [9.17, 15) is 0 Å². The second-order valence-electron chi connectivity index (χ2n) is 14.2. The van der Waals surface area contributed by atoms with Crippen LogP contribution >= 0.6 is 11.8 Å². The van der Waals surface area contributed by atoms with Gasteiger partial charge in [-0.05, 0) is 64.7 Å². The van der Waals surface area contributed by atoms with E-state index < -0.39 is 0 Å². The van der Waals surface area contributed by atoms with Gasteiger partial charge in [-0.1, -0.05) is 143 Å². The number of nitrogens with zero attached hydrogens (tertiary/aromatic N) is 4. The Bertz CT molecular complexity index is 2310. The van der Waals surface area contributed by atoms with Crippen LogP contribution in [0, 0.1) is 0 Å². The summed E-state index contributed by atoms with van der Waals surface area (Å²) in [4.78, 5) is 20.0. The summed E-state index contributed by atoms with van der Waals surface area (Å²) in [6.07, 6.45) is 0. The van der Waals surface area contributed by atoms with Crippen LogP contribution in [0.2, 0.25) is 0 Å². The minimum atomic E-state index is -0.250. The van der Waals surface area contributed by atoms with Crippen molar-refractivity contribution in [3.05, 3.63) is 168 Å². The monoisotopic (exact) mass is 664 g/mol. The number of hydrogen-bond donors (Lipinski definition) is 0. The molecule has 0 N–H and O–H groups in total. The molecule has 0 bridgehead atoms. The first-order valence-electron chi connectivity index (χ1n) is 17.1.